The van der Waals surface area contributed by atoms with E-state index in [2.05, 4.69) is 10.1 Å². The van der Waals surface area contributed by atoms with E-state index in [4.69, 9.17) is 4.74 Å². The Morgan fingerprint density at radius 3 is 2.59 bits per heavy atom. The molecule has 10 nitrogen and oxygen atoms in total. The second kappa shape index (κ2) is 8.85. The maximum Gasteiger partial charge on any atom is 0.407 e. The maximum absolute atomic E-state index is 12.2. The minimum atomic E-state index is -1.28. The molecule has 0 bridgehead atoms. The minimum Gasteiger partial charge on any atom is -0.477 e. The number of ether oxygens (including phenoxy) is 2. The number of aliphatic hydroxyl groups is 1. The third-order valence-electron chi connectivity index (χ3n) is 3.90. The van der Waals surface area contributed by atoms with E-state index in [-0.39, 0.29) is 18.1 Å². The summed E-state index contributed by atoms with van der Waals surface area (Å²) in [6.07, 6.45) is -1.70. The molecule has 2 aliphatic rings. The van der Waals surface area contributed by atoms with Crippen molar-refractivity contribution in [2.45, 2.75) is 31.4 Å². The van der Waals surface area contributed by atoms with E-state index in [9.17, 15) is 29.4 Å². The number of esters is 1. The van der Waals surface area contributed by atoms with Crippen LogP contribution in [0.25, 0.3) is 0 Å². The van der Waals surface area contributed by atoms with Gasteiger partial charge in [0.1, 0.15) is 11.4 Å². The van der Waals surface area contributed by atoms with Gasteiger partial charge in [-0.2, -0.15) is 0 Å². The molecule has 2 amide bonds. The number of rotatable bonds is 8. The molecule has 2 heterocycles. The molecule has 0 spiro atoms. The summed E-state index contributed by atoms with van der Waals surface area (Å²) in [5, 5.41) is 21.0. The lowest BCUT2D eigenvalue weighted by Gasteiger charge is -2.43. The summed E-state index contributed by atoms with van der Waals surface area (Å²) in [5.41, 5.74) is -0.184. The number of methoxy groups -OCH3 is 1. The van der Waals surface area contributed by atoms with Gasteiger partial charge in [-0.05, 0) is 13.8 Å². The van der Waals surface area contributed by atoms with Crippen molar-refractivity contribution in [3.05, 3.63) is 9.93 Å². The highest BCUT2D eigenvalue weighted by Crippen LogP contribution is 2.53. The highest BCUT2D eigenvalue weighted by atomic mass is 32.2. The first-order valence-corrected chi connectivity index (χ1v) is 9.88. The average Bonchev–Trinajstić information content (AvgIpc) is 2.92. The molecular weight excluding hydrogens is 400 g/mol. The summed E-state index contributed by atoms with van der Waals surface area (Å²) in [5.74, 6) is -3.14. The molecule has 0 saturated carbocycles. The third kappa shape index (κ3) is 4.33. The Morgan fingerprint density at radius 1 is 1.41 bits per heavy atom. The van der Waals surface area contributed by atoms with Crippen molar-refractivity contribution in [3.8, 4) is 0 Å². The van der Waals surface area contributed by atoms with Gasteiger partial charge in [-0.3, -0.25) is 9.69 Å². The topological polar surface area (TPSA) is 142 Å². The minimum absolute atomic E-state index is 0.0152. The van der Waals surface area contributed by atoms with E-state index in [0.717, 1.165) is 35.5 Å². The first kappa shape index (κ1) is 21.4. The first-order valence-electron chi connectivity index (χ1n) is 8.02. The van der Waals surface area contributed by atoms with Crippen LogP contribution in [0, 0.1) is 5.92 Å². The normalized spacial score (nSPS) is 23.3. The Balaban J connectivity index is 2.12. The highest BCUT2D eigenvalue weighted by molar-refractivity contribution is 8.22. The fourth-order valence-corrected chi connectivity index (χ4v) is 5.59. The lowest BCUT2D eigenvalue weighted by molar-refractivity contribution is -0.156. The fraction of sp³-hybridized carbons (Fsp3) is 0.600. The molecule has 1 unspecified atom stereocenters. The van der Waals surface area contributed by atoms with Crippen LogP contribution in [0.2, 0.25) is 0 Å². The molecule has 0 aromatic rings. The van der Waals surface area contributed by atoms with Gasteiger partial charge in [-0.25, -0.2) is 14.4 Å². The van der Waals surface area contributed by atoms with Gasteiger partial charge >= 0.3 is 18.0 Å². The zero-order valence-electron chi connectivity index (χ0n) is 14.8. The largest absolute Gasteiger partial charge is 0.477 e. The zero-order chi connectivity index (χ0) is 20.3. The molecule has 27 heavy (non-hydrogen) atoms. The number of carbonyl (C=O) groups excluding carboxylic acids is 3. The van der Waals surface area contributed by atoms with Gasteiger partial charge < -0.3 is 25.0 Å². The van der Waals surface area contributed by atoms with Crippen molar-refractivity contribution in [2.24, 2.45) is 5.92 Å². The number of aliphatic hydroxyl groups excluding tert-OH is 1. The number of carboxylic acids is 1. The quantitative estimate of drug-likeness (QED) is 0.367. The van der Waals surface area contributed by atoms with Crippen molar-refractivity contribution in [1.29, 1.82) is 0 Å². The summed E-state index contributed by atoms with van der Waals surface area (Å²) >= 11 is 2.15. The van der Waals surface area contributed by atoms with E-state index in [1.807, 2.05) is 0 Å². The van der Waals surface area contributed by atoms with Gasteiger partial charge in [0.2, 0.25) is 5.91 Å². The summed E-state index contributed by atoms with van der Waals surface area (Å²) in [6.45, 7) is 3.21. The molecule has 0 aliphatic carbocycles. The molecule has 1 saturated heterocycles. The number of thioether (sulfide) groups is 2. The molecule has 2 aliphatic heterocycles. The Bertz CT molecular complexity index is 681. The molecule has 150 valence electrons. The molecule has 3 N–H and O–H groups in total. The zero-order valence-corrected chi connectivity index (χ0v) is 16.5. The molecule has 0 aromatic carbocycles. The van der Waals surface area contributed by atoms with Crippen molar-refractivity contribution < 1.29 is 38.9 Å². The number of nitrogens with one attached hydrogen (secondary N) is 1. The van der Waals surface area contributed by atoms with Gasteiger partial charge in [-0.15, -0.1) is 11.8 Å². The molecule has 12 heteroatoms. The van der Waals surface area contributed by atoms with Crippen LogP contribution in [0.5, 0.6) is 0 Å². The van der Waals surface area contributed by atoms with E-state index in [1.54, 1.807) is 6.92 Å². The molecule has 2 rings (SSSR count). The van der Waals surface area contributed by atoms with Crippen LogP contribution in [0.4, 0.5) is 4.79 Å². The van der Waals surface area contributed by atoms with Gasteiger partial charge in [0.25, 0.3) is 0 Å². The van der Waals surface area contributed by atoms with E-state index >= 15 is 0 Å². The van der Waals surface area contributed by atoms with Crippen LogP contribution in [0.15, 0.2) is 9.93 Å². The molecule has 0 aromatic heterocycles. The predicted octanol–water partition coefficient (Wildman–Crippen LogP) is 0.173. The van der Waals surface area contributed by atoms with Gasteiger partial charge in [-0.1, -0.05) is 11.8 Å². The number of carbonyl (C=O) groups is 4. The summed E-state index contributed by atoms with van der Waals surface area (Å²) < 4.78 is 9.70. The van der Waals surface area contributed by atoms with E-state index in [0.29, 0.717) is 4.24 Å². The van der Waals surface area contributed by atoms with Crippen molar-refractivity contribution in [3.63, 3.8) is 0 Å². The number of hydrogen-bond acceptors (Lipinski definition) is 9. The standard InChI is InChI=1S/C15H20N2O8S2/c1-4-25-15(23)16-7(13(22)24-3)5-26-14-9(12(20)21)17-10(19)8(6(2)18)11(17)27-14/h6-8,11,18H,4-5H2,1-3H3,(H,16,23)(H,20,21)/t6?,7-,8-,11+/m0/s1. The Labute approximate surface area is 163 Å². The van der Waals surface area contributed by atoms with Gasteiger partial charge in [0.05, 0.1) is 30.0 Å². The summed E-state index contributed by atoms with van der Waals surface area (Å²) in [6, 6.07) is -1.06. The number of carboxylic acid groups (broad SMARTS) is 1. The van der Waals surface area contributed by atoms with Crippen molar-refractivity contribution in [1.82, 2.24) is 10.2 Å². The van der Waals surface area contributed by atoms with Crippen LogP contribution in [0.3, 0.4) is 0 Å². The van der Waals surface area contributed by atoms with Crippen LogP contribution in [-0.4, -0.2) is 76.0 Å². The SMILES string of the molecule is CCOC(=O)N[C@@H](CSC1=C(C(=O)O)N2C(=O)[C@H](C(C)O)[C@H]2S1)C(=O)OC. The third-order valence-corrected chi connectivity index (χ3v) is 6.65. The summed E-state index contributed by atoms with van der Waals surface area (Å²) in [7, 11) is 1.16. The number of amides is 2. The van der Waals surface area contributed by atoms with Crippen molar-refractivity contribution in [2.75, 3.05) is 19.5 Å². The lowest BCUT2D eigenvalue weighted by atomic mass is 9.92. The predicted molar refractivity (Wildman–Crippen MR) is 96.5 cm³/mol. The van der Waals surface area contributed by atoms with Crippen LogP contribution in [-0.2, 0) is 23.9 Å². The van der Waals surface area contributed by atoms with E-state index in [1.165, 1.54) is 6.92 Å². The molecule has 0 radical (unpaired) electrons. The average molecular weight is 420 g/mol. The number of β-lactam (4-membered cyclic amide) rings is 1. The number of nitrogens with zero attached hydrogens (tertiary/aromatic N) is 1. The van der Waals surface area contributed by atoms with Crippen molar-refractivity contribution >= 4 is 47.5 Å². The highest BCUT2D eigenvalue weighted by Gasteiger charge is 2.57. The van der Waals surface area contributed by atoms with Crippen LogP contribution < -0.4 is 5.32 Å². The van der Waals surface area contributed by atoms with Gasteiger partial charge in [0, 0.05) is 5.75 Å². The van der Waals surface area contributed by atoms with E-state index < -0.39 is 47.4 Å². The number of alkyl carbamates (subject to hydrolysis) is 1. The monoisotopic (exact) mass is 420 g/mol. The van der Waals surface area contributed by atoms with Crippen LogP contribution in [0.1, 0.15) is 13.8 Å². The Kier molecular flexibility index (Phi) is 7.00. The number of fused-ring (bicyclic) bond motifs is 1. The number of aliphatic carboxylic acids is 1. The first-order chi connectivity index (χ1) is 12.7. The smallest absolute Gasteiger partial charge is 0.407 e. The van der Waals surface area contributed by atoms with Crippen LogP contribution >= 0.6 is 23.5 Å². The number of hydrogen-bond donors (Lipinski definition) is 3. The fourth-order valence-electron chi connectivity index (χ4n) is 2.64. The van der Waals surface area contributed by atoms with Gasteiger partial charge in [0.15, 0.2) is 5.70 Å². The second-order valence-electron chi connectivity index (χ2n) is 5.68. The lowest BCUT2D eigenvalue weighted by Crippen LogP contribution is -2.60. The second-order valence-corrected chi connectivity index (χ2v) is 8.09. The summed E-state index contributed by atoms with van der Waals surface area (Å²) in [4.78, 5) is 48.3. The molecule has 4 atom stereocenters. The maximum atomic E-state index is 12.2. The Hall–Kier alpha value is -1.92. The molecule has 1 fully saturated rings. The Morgan fingerprint density at radius 2 is 2.07 bits per heavy atom. The molecular formula is C15H20N2O8S2.